The zero-order valence-electron chi connectivity index (χ0n) is 19.7. The number of carbonyl (C=O) groups is 3. The zero-order valence-corrected chi connectivity index (χ0v) is 19.7. The number of aliphatic carboxylic acids is 1. The topological polar surface area (TPSA) is 95.9 Å². The highest BCUT2D eigenvalue weighted by atomic mass is 16.5. The Kier molecular flexibility index (Phi) is 7.20. The minimum Gasteiger partial charge on any atom is -0.481 e. The molecule has 0 saturated carbocycles. The molecule has 1 aliphatic heterocycles. The maximum absolute atomic E-state index is 12.4. The van der Waals surface area contributed by atoms with Gasteiger partial charge in [0, 0.05) is 37.9 Å². The molecule has 1 heterocycles. The summed E-state index contributed by atoms with van der Waals surface area (Å²) >= 11 is 0. The van der Waals surface area contributed by atoms with Crippen molar-refractivity contribution < 1.29 is 24.2 Å². The maximum Gasteiger partial charge on any atom is 0.407 e. The number of nitrogens with one attached hydrogen (secondary N) is 1. The second-order valence-electron chi connectivity index (χ2n) is 9.54. The molecular formula is C27H32N2O5. The van der Waals surface area contributed by atoms with Crippen LogP contribution in [0.1, 0.15) is 43.7 Å². The first-order valence-corrected chi connectivity index (χ1v) is 11.9. The van der Waals surface area contributed by atoms with Gasteiger partial charge in [0.05, 0.1) is 5.92 Å². The van der Waals surface area contributed by atoms with Crippen molar-refractivity contribution in [2.45, 2.75) is 32.6 Å². The number of carboxylic acids is 1. The predicted octanol–water partition coefficient (Wildman–Crippen LogP) is 4.12. The highest BCUT2D eigenvalue weighted by molar-refractivity contribution is 5.79. The Balaban J connectivity index is 1.17. The number of amides is 2. The molecule has 2 aromatic rings. The third-order valence-electron chi connectivity index (χ3n) is 7.13. The number of nitrogens with zero attached hydrogens (tertiary/aromatic N) is 1. The average molecular weight is 465 g/mol. The van der Waals surface area contributed by atoms with E-state index < -0.39 is 18.0 Å². The van der Waals surface area contributed by atoms with Crippen molar-refractivity contribution in [1.29, 1.82) is 0 Å². The molecule has 2 atom stereocenters. The molecule has 1 aliphatic carbocycles. The van der Waals surface area contributed by atoms with Crippen molar-refractivity contribution in [2.75, 3.05) is 26.2 Å². The second kappa shape index (κ2) is 10.3. The number of rotatable bonds is 9. The molecule has 34 heavy (non-hydrogen) atoms. The van der Waals surface area contributed by atoms with Crippen LogP contribution in [-0.2, 0) is 14.3 Å². The Bertz CT molecular complexity index is 1020. The van der Waals surface area contributed by atoms with Gasteiger partial charge in [-0.05, 0) is 34.6 Å². The van der Waals surface area contributed by atoms with Crippen LogP contribution in [-0.4, -0.2) is 54.2 Å². The van der Waals surface area contributed by atoms with Crippen LogP contribution in [0.2, 0.25) is 0 Å². The summed E-state index contributed by atoms with van der Waals surface area (Å²) in [5, 5.41) is 11.9. The minimum absolute atomic E-state index is 0.0268. The molecule has 0 bridgehead atoms. The molecule has 7 nitrogen and oxygen atoms in total. The van der Waals surface area contributed by atoms with E-state index in [2.05, 4.69) is 29.6 Å². The summed E-state index contributed by atoms with van der Waals surface area (Å²) in [4.78, 5) is 37.4. The molecular weight excluding hydrogens is 432 g/mol. The smallest absolute Gasteiger partial charge is 0.407 e. The summed E-state index contributed by atoms with van der Waals surface area (Å²) in [6.07, 6.45) is 0.604. The van der Waals surface area contributed by atoms with Crippen molar-refractivity contribution in [1.82, 2.24) is 10.2 Å². The Hall–Kier alpha value is -3.35. The number of hydrogen-bond donors (Lipinski definition) is 2. The molecule has 1 fully saturated rings. The van der Waals surface area contributed by atoms with Gasteiger partial charge in [0.1, 0.15) is 6.61 Å². The molecule has 2 unspecified atom stereocenters. The van der Waals surface area contributed by atoms with E-state index in [4.69, 9.17) is 9.84 Å². The highest BCUT2D eigenvalue weighted by Crippen LogP contribution is 2.44. The van der Waals surface area contributed by atoms with Crippen molar-refractivity contribution in [2.24, 2.45) is 17.8 Å². The Labute approximate surface area is 200 Å². The van der Waals surface area contributed by atoms with Crippen molar-refractivity contribution in [3.05, 3.63) is 59.7 Å². The van der Waals surface area contributed by atoms with Gasteiger partial charge < -0.3 is 20.1 Å². The molecule has 2 amide bonds. The number of likely N-dealkylation sites (tertiary alicyclic amines) is 1. The fraction of sp³-hybridized carbons (Fsp3) is 0.444. The summed E-state index contributed by atoms with van der Waals surface area (Å²) in [6, 6.07) is 16.4. The normalized spacial score (nSPS) is 16.7. The average Bonchev–Trinajstić information content (AvgIpc) is 3.10. The van der Waals surface area contributed by atoms with Crippen LogP contribution in [0, 0.1) is 17.8 Å². The lowest BCUT2D eigenvalue weighted by Gasteiger charge is -2.41. The summed E-state index contributed by atoms with van der Waals surface area (Å²) < 4.78 is 5.55. The van der Waals surface area contributed by atoms with Crippen molar-refractivity contribution >= 4 is 18.0 Å². The minimum atomic E-state index is -0.815. The third-order valence-corrected chi connectivity index (χ3v) is 7.13. The molecule has 2 aromatic carbocycles. The zero-order chi connectivity index (χ0) is 24.2. The van der Waals surface area contributed by atoms with E-state index in [1.165, 1.54) is 22.3 Å². The summed E-state index contributed by atoms with van der Waals surface area (Å²) in [7, 11) is 0. The number of carboxylic acid groups (broad SMARTS) is 1. The van der Waals surface area contributed by atoms with Gasteiger partial charge in [0.15, 0.2) is 0 Å². The number of fused-ring (bicyclic) bond motifs is 3. The van der Waals surface area contributed by atoms with E-state index in [0.29, 0.717) is 32.5 Å². The quantitative estimate of drug-likeness (QED) is 0.582. The highest BCUT2D eigenvalue weighted by Gasteiger charge is 2.37. The van der Waals surface area contributed by atoms with Gasteiger partial charge in [0.25, 0.3) is 0 Å². The Morgan fingerprint density at radius 1 is 1.03 bits per heavy atom. The van der Waals surface area contributed by atoms with E-state index >= 15 is 0 Å². The van der Waals surface area contributed by atoms with Crippen LogP contribution in [0.5, 0.6) is 0 Å². The van der Waals surface area contributed by atoms with Gasteiger partial charge >= 0.3 is 12.1 Å². The summed E-state index contributed by atoms with van der Waals surface area (Å²) in [5.74, 6) is -1.03. The molecule has 180 valence electrons. The van der Waals surface area contributed by atoms with Gasteiger partial charge in [-0.2, -0.15) is 0 Å². The first kappa shape index (κ1) is 23.8. The molecule has 1 saturated heterocycles. The molecule has 2 N–H and O–H groups in total. The maximum atomic E-state index is 12.4. The van der Waals surface area contributed by atoms with E-state index in [1.54, 1.807) is 11.8 Å². The Morgan fingerprint density at radius 2 is 1.62 bits per heavy atom. The van der Waals surface area contributed by atoms with Crippen LogP contribution in [0.4, 0.5) is 4.79 Å². The van der Waals surface area contributed by atoms with Gasteiger partial charge in [-0.3, -0.25) is 9.59 Å². The molecule has 0 aromatic heterocycles. The standard InChI is InChI=1S/C27H32N2O5/c1-17(13-25(30)29-14-19(15-29)18(2)26(31)32)11-12-28-27(33)34-16-24-22-9-5-3-7-20(22)21-8-4-6-10-23(21)24/h3-10,17-19,24H,11-16H2,1-2H3,(H,28,33)(H,31,32). The van der Waals surface area contributed by atoms with E-state index in [1.807, 2.05) is 31.2 Å². The third kappa shape index (κ3) is 5.08. The lowest BCUT2D eigenvalue weighted by molar-refractivity contribution is -0.150. The number of benzene rings is 2. The number of carbonyl (C=O) groups excluding carboxylic acids is 2. The van der Waals surface area contributed by atoms with Crippen LogP contribution in [0.3, 0.4) is 0 Å². The van der Waals surface area contributed by atoms with Crippen molar-refractivity contribution in [3.63, 3.8) is 0 Å². The molecule has 0 spiro atoms. The van der Waals surface area contributed by atoms with Crippen molar-refractivity contribution in [3.8, 4) is 11.1 Å². The van der Waals surface area contributed by atoms with E-state index in [9.17, 15) is 14.4 Å². The van der Waals surface area contributed by atoms with Crippen LogP contribution in [0.25, 0.3) is 11.1 Å². The summed E-state index contributed by atoms with van der Waals surface area (Å²) in [5.41, 5.74) is 4.73. The predicted molar refractivity (Wildman–Crippen MR) is 128 cm³/mol. The van der Waals surface area contributed by atoms with Gasteiger partial charge in [0.2, 0.25) is 5.91 Å². The SMILES string of the molecule is CC(CCNC(=O)OCC1c2ccccc2-c2ccccc21)CC(=O)N1CC(C(C)C(=O)O)C1. The lowest BCUT2D eigenvalue weighted by Crippen LogP contribution is -2.53. The number of hydrogen-bond acceptors (Lipinski definition) is 4. The lowest BCUT2D eigenvalue weighted by atomic mass is 9.86. The van der Waals surface area contributed by atoms with Crippen LogP contribution in [0.15, 0.2) is 48.5 Å². The monoisotopic (exact) mass is 464 g/mol. The number of ether oxygens (including phenoxy) is 1. The first-order valence-electron chi connectivity index (χ1n) is 11.9. The summed E-state index contributed by atoms with van der Waals surface area (Å²) in [6.45, 7) is 5.40. The van der Waals surface area contributed by atoms with E-state index in [-0.39, 0.29) is 30.3 Å². The van der Waals surface area contributed by atoms with Crippen LogP contribution < -0.4 is 5.32 Å². The fourth-order valence-corrected chi connectivity index (χ4v) is 4.83. The van der Waals surface area contributed by atoms with Crippen LogP contribution >= 0.6 is 0 Å². The van der Waals surface area contributed by atoms with Gasteiger partial charge in [-0.1, -0.05) is 62.4 Å². The largest absolute Gasteiger partial charge is 0.481 e. The molecule has 0 radical (unpaired) electrons. The van der Waals surface area contributed by atoms with E-state index in [0.717, 1.165) is 0 Å². The molecule has 4 rings (SSSR count). The number of alkyl carbamates (subject to hydrolysis) is 1. The molecule has 7 heteroatoms. The fourth-order valence-electron chi connectivity index (χ4n) is 4.83. The molecule has 2 aliphatic rings. The van der Waals surface area contributed by atoms with Gasteiger partial charge in [-0.25, -0.2) is 4.79 Å². The first-order chi connectivity index (χ1) is 16.3. The Morgan fingerprint density at radius 3 is 2.21 bits per heavy atom. The second-order valence-corrected chi connectivity index (χ2v) is 9.54. The van der Waals surface area contributed by atoms with Gasteiger partial charge in [-0.15, -0.1) is 0 Å².